The molecule has 0 saturated carbocycles. The molecule has 2 aromatic rings. The fraction of sp³-hybridized carbons (Fsp3) is 0.389. The Balaban J connectivity index is 1.66. The van der Waals surface area contributed by atoms with Gasteiger partial charge in [-0.2, -0.15) is 4.98 Å². The van der Waals surface area contributed by atoms with Gasteiger partial charge in [0.05, 0.1) is 0 Å². The molecule has 1 aromatic heterocycles. The third-order valence-electron chi connectivity index (χ3n) is 4.31. The summed E-state index contributed by atoms with van der Waals surface area (Å²) in [5.41, 5.74) is 2.28. The molecule has 24 heavy (non-hydrogen) atoms. The lowest BCUT2D eigenvalue weighted by molar-refractivity contribution is -0.129. The van der Waals surface area contributed by atoms with Crippen LogP contribution in [-0.2, 0) is 11.2 Å². The molecule has 6 heteroatoms. The van der Waals surface area contributed by atoms with Gasteiger partial charge in [-0.1, -0.05) is 19.1 Å². The summed E-state index contributed by atoms with van der Waals surface area (Å²) >= 11 is 0. The number of aryl methyl sites for hydroxylation is 1. The van der Waals surface area contributed by atoms with E-state index in [0.29, 0.717) is 5.95 Å². The Hall–Kier alpha value is -2.63. The van der Waals surface area contributed by atoms with Gasteiger partial charge < -0.3 is 15.1 Å². The van der Waals surface area contributed by atoms with Crippen molar-refractivity contribution in [2.24, 2.45) is 0 Å². The third kappa shape index (κ3) is 3.82. The molecule has 1 aromatic carbocycles. The fourth-order valence-corrected chi connectivity index (χ4v) is 2.79. The summed E-state index contributed by atoms with van der Waals surface area (Å²) in [6, 6.07) is 10.2. The summed E-state index contributed by atoms with van der Waals surface area (Å²) in [5, 5.41) is 3.25. The molecule has 1 saturated heterocycles. The Morgan fingerprint density at radius 2 is 1.83 bits per heavy atom. The van der Waals surface area contributed by atoms with Gasteiger partial charge in [-0.05, 0) is 30.2 Å². The van der Waals surface area contributed by atoms with Gasteiger partial charge in [0.15, 0.2) is 0 Å². The van der Waals surface area contributed by atoms with Crippen molar-refractivity contribution in [3.05, 3.63) is 42.1 Å². The third-order valence-corrected chi connectivity index (χ3v) is 4.31. The zero-order valence-electron chi connectivity index (χ0n) is 14.2. The van der Waals surface area contributed by atoms with E-state index in [1.165, 1.54) is 5.56 Å². The Bertz CT molecular complexity index is 693. The lowest BCUT2D eigenvalue weighted by Crippen LogP contribution is -2.48. The van der Waals surface area contributed by atoms with Crippen LogP contribution in [0.2, 0.25) is 0 Å². The fourth-order valence-electron chi connectivity index (χ4n) is 2.79. The minimum atomic E-state index is 0.134. The molecule has 1 fully saturated rings. The molecular weight excluding hydrogens is 302 g/mol. The van der Waals surface area contributed by atoms with Crippen molar-refractivity contribution in [1.82, 2.24) is 14.9 Å². The highest BCUT2D eigenvalue weighted by molar-refractivity contribution is 5.73. The normalized spacial score (nSPS) is 14.6. The minimum absolute atomic E-state index is 0.134. The van der Waals surface area contributed by atoms with Crippen LogP contribution in [0.4, 0.5) is 17.5 Å². The van der Waals surface area contributed by atoms with E-state index in [9.17, 15) is 4.79 Å². The molecule has 0 radical (unpaired) electrons. The molecule has 2 heterocycles. The molecule has 0 atom stereocenters. The van der Waals surface area contributed by atoms with Gasteiger partial charge in [-0.15, -0.1) is 0 Å². The number of piperazine rings is 1. The van der Waals surface area contributed by atoms with Crippen molar-refractivity contribution in [2.75, 3.05) is 36.4 Å². The predicted molar refractivity (Wildman–Crippen MR) is 95.6 cm³/mol. The van der Waals surface area contributed by atoms with Crippen LogP contribution in [0.3, 0.4) is 0 Å². The SMILES string of the molecule is CCc1ccc(Nc2nccc(N3CCN(C(C)=O)CC3)n2)cc1. The maximum absolute atomic E-state index is 11.4. The summed E-state index contributed by atoms with van der Waals surface area (Å²) in [4.78, 5) is 24.4. The van der Waals surface area contributed by atoms with Crippen molar-refractivity contribution in [1.29, 1.82) is 0 Å². The summed E-state index contributed by atoms with van der Waals surface area (Å²) in [6.07, 6.45) is 2.79. The number of benzene rings is 1. The number of hydrogen-bond donors (Lipinski definition) is 1. The summed E-state index contributed by atoms with van der Waals surface area (Å²) in [7, 11) is 0. The van der Waals surface area contributed by atoms with E-state index in [4.69, 9.17) is 0 Å². The predicted octanol–water partition coefficient (Wildman–Crippen LogP) is 2.45. The number of nitrogens with zero attached hydrogens (tertiary/aromatic N) is 4. The van der Waals surface area contributed by atoms with Crippen LogP contribution in [0.25, 0.3) is 0 Å². The van der Waals surface area contributed by atoms with Crippen LogP contribution < -0.4 is 10.2 Å². The number of carbonyl (C=O) groups excluding carboxylic acids is 1. The van der Waals surface area contributed by atoms with Gasteiger partial charge in [0.1, 0.15) is 5.82 Å². The van der Waals surface area contributed by atoms with E-state index in [1.54, 1.807) is 13.1 Å². The highest BCUT2D eigenvalue weighted by Gasteiger charge is 2.19. The average molecular weight is 325 g/mol. The molecule has 0 spiro atoms. The molecule has 1 amide bonds. The summed E-state index contributed by atoms with van der Waals surface area (Å²) < 4.78 is 0. The van der Waals surface area contributed by atoms with Crippen LogP contribution in [0.15, 0.2) is 36.5 Å². The number of aromatic nitrogens is 2. The lowest BCUT2D eigenvalue weighted by Gasteiger charge is -2.34. The van der Waals surface area contributed by atoms with Crippen molar-refractivity contribution < 1.29 is 4.79 Å². The number of anilines is 3. The van der Waals surface area contributed by atoms with Crippen molar-refractivity contribution in [3.8, 4) is 0 Å². The molecule has 1 N–H and O–H groups in total. The number of amides is 1. The van der Waals surface area contributed by atoms with Gasteiger partial charge in [0.2, 0.25) is 11.9 Å². The monoisotopic (exact) mass is 325 g/mol. The topological polar surface area (TPSA) is 61.4 Å². The zero-order chi connectivity index (χ0) is 16.9. The van der Waals surface area contributed by atoms with Gasteiger partial charge in [-0.3, -0.25) is 4.79 Å². The molecular formula is C18H23N5O. The second-order valence-electron chi connectivity index (χ2n) is 5.91. The molecule has 1 aliphatic heterocycles. The molecule has 6 nitrogen and oxygen atoms in total. The number of rotatable bonds is 4. The van der Waals surface area contributed by atoms with E-state index in [2.05, 4.69) is 39.2 Å². The molecule has 0 aliphatic carbocycles. The molecule has 0 unspecified atom stereocenters. The smallest absolute Gasteiger partial charge is 0.229 e. The van der Waals surface area contributed by atoms with Gasteiger partial charge in [-0.25, -0.2) is 4.98 Å². The number of carbonyl (C=O) groups is 1. The first kappa shape index (κ1) is 16.2. The quantitative estimate of drug-likeness (QED) is 0.935. The largest absolute Gasteiger partial charge is 0.353 e. The molecule has 126 valence electrons. The highest BCUT2D eigenvalue weighted by atomic mass is 16.2. The molecule has 0 bridgehead atoms. The maximum atomic E-state index is 11.4. The van der Waals surface area contributed by atoms with Crippen LogP contribution in [0, 0.1) is 0 Å². The highest BCUT2D eigenvalue weighted by Crippen LogP contribution is 2.18. The van der Waals surface area contributed by atoms with E-state index in [-0.39, 0.29) is 5.91 Å². The zero-order valence-corrected chi connectivity index (χ0v) is 14.2. The Morgan fingerprint density at radius 1 is 1.12 bits per heavy atom. The Labute approximate surface area is 142 Å². The van der Waals surface area contributed by atoms with Crippen LogP contribution in [-0.4, -0.2) is 47.0 Å². The van der Waals surface area contributed by atoms with Crippen molar-refractivity contribution in [2.45, 2.75) is 20.3 Å². The van der Waals surface area contributed by atoms with Gasteiger partial charge in [0.25, 0.3) is 0 Å². The van der Waals surface area contributed by atoms with Gasteiger partial charge >= 0.3 is 0 Å². The maximum Gasteiger partial charge on any atom is 0.229 e. The standard InChI is InChI=1S/C18H23N5O/c1-3-15-4-6-16(7-5-15)20-18-19-9-8-17(21-18)23-12-10-22(11-13-23)14(2)24/h4-9H,3,10-13H2,1-2H3,(H,19,20,21). The Morgan fingerprint density at radius 3 is 2.46 bits per heavy atom. The summed E-state index contributed by atoms with van der Waals surface area (Å²) in [5.74, 6) is 1.61. The second-order valence-corrected chi connectivity index (χ2v) is 5.91. The summed E-state index contributed by atoms with van der Waals surface area (Å²) in [6.45, 7) is 6.82. The number of nitrogens with one attached hydrogen (secondary N) is 1. The van der Waals surface area contributed by atoms with E-state index < -0.39 is 0 Å². The van der Waals surface area contributed by atoms with Crippen LogP contribution in [0.5, 0.6) is 0 Å². The first-order chi connectivity index (χ1) is 11.7. The van der Waals surface area contributed by atoms with Crippen molar-refractivity contribution >= 4 is 23.4 Å². The second kappa shape index (κ2) is 7.29. The van der Waals surface area contributed by atoms with E-state index >= 15 is 0 Å². The first-order valence-corrected chi connectivity index (χ1v) is 8.35. The minimum Gasteiger partial charge on any atom is -0.353 e. The van der Waals surface area contributed by atoms with Crippen molar-refractivity contribution in [3.63, 3.8) is 0 Å². The molecule has 1 aliphatic rings. The van der Waals surface area contributed by atoms with Crippen LogP contribution >= 0.6 is 0 Å². The van der Waals surface area contributed by atoms with E-state index in [0.717, 1.165) is 44.1 Å². The first-order valence-electron chi connectivity index (χ1n) is 8.35. The number of hydrogen-bond acceptors (Lipinski definition) is 5. The lowest BCUT2D eigenvalue weighted by atomic mass is 10.1. The Kier molecular flexibility index (Phi) is 4.93. The van der Waals surface area contributed by atoms with E-state index in [1.807, 2.05) is 23.1 Å². The van der Waals surface area contributed by atoms with Crippen LogP contribution in [0.1, 0.15) is 19.4 Å². The average Bonchev–Trinajstić information content (AvgIpc) is 2.63. The molecule has 3 rings (SSSR count). The van der Waals surface area contributed by atoms with Gasteiger partial charge in [0, 0.05) is 45.0 Å².